The molecule has 0 saturated heterocycles. The van der Waals surface area contributed by atoms with Crippen LogP contribution in [0.1, 0.15) is 50.5 Å². The molecule has 0 radical (unpaired) electrons. The lowest BCUT2D eigenvalue weighted by molar-refractivity contribution is -0.118. The lowest BCUT2D eigenvalue weighted by Crippen LogP contribution is -2.30. The van der Waals surface area contributed by atoms with Gasteiger partial charge in [0.15, 0.2) is 6.61 Å². The second-order valence-electron chi connectivity index (χ2n) is 7.79. The van der Waals surface area contributed by atoms with Crippen LogP contribution in [-0.2, 0) is 10.2 Å². The summed E-state index contributed by atoms with van der Waals surface area (Å²) in [5, 5.41) is 5.61. The number of anilines is 1. The van der Waals surface area contributed by atoms with E-state index in [-0.39, 0.29) is 29.9 Å². The Kier molecular flexibility index (Phi) is 6.61. The summed E-state index contributed by atoms with van der Waals surface area (Å²) in [5.74, 6) is 0.323. The largest absolute Gasteiger partial charge is 0.483 e. The van der Waals surface area contributed by atoms with Crippen LogP contribution in [0.2, 0.25) is 0 Å². The van der Waals surface area contributed by atoms with Gasteiger partial charge in [0.1, 0.15) is 5.75 Å². The molecule has 144 valence electrons. The lowest BCUT2D eigenvalue weighted by atomic mass is 9.86. The second kappa shape index (κ2) is 8.71. The number of carbonyl (C=O) groups excluding carboxylic acids is 2. The van der Waals surface area contributed by atoms with Crippen molar-refractivity contribution in [2.24, 2.45) is 0 Å². The maximum absolute atomic E-state index is 12.2. The first-order chi connectivity index (χ1) is 12.7. The molecule has 27 heavy (non-hydrogen) atoms. The number of amides is 2. The van der Waals surface area contributed by atoms with Crippen LogP contribution in [0.25, 0.3) is 0 Å². The Labute approximate surface area is 161 Å². The minimum absolute atomic E-state index is 0.0700. The molecular weight excluding hydrogens is 340 g/mol. The maximum atomic E-state index is 12.2. The topological polar surface area (TPSA) is 67.4 Å². The van der Waals surface area contributed by atoms with Crippen molar-refractivity contribution in [3.63, 3.8) is 0 Å². The third kappa shape index (κ3) is 6.13. The molecule has 0 fully saturated rings. The first-order valence-electron chi connectivity index (χ1n) is 9.10. The average Bonchev–Trinajstić information content (AvgIpc) is 2.59. The van der Waals surface area contributed by atoms with E-state index in [9.17, 15) is 9.59 Å². The van der Waals surface area contributed by atoms with Crippen LogP contribution in [-0.4, -0.2) is 24.5 Å². The quantitative estimate of drug-likeness (QED) is 0.805. The van der Waals surface area contributed by atoms with Crippen LogP contribution < -0.4 is 15.4 Å². The molecule has 0 aliphatic rings. The van der Waals surface area contributed by atoms with Crippen molar-refractivity contribution in [1.29, 1.82) is 0 Å². The number of para-hydroxylation sites is 1. The van der Waals surface area contributed by atoms with Gasteiger partial charge in [-0.15, -0.1) is 0 Å². The van der Waals surface area contributed by atoms with Gasteiger partial charge < -0.3 is 15.4 Å². The van der Waals surface area contributed by atoms with Gasteiger partial charge in [-0.05, 0) is 55.2 Å². The second-order valence-corrected chi connectivity index (χ2v) is 7.79. The molecule has 0 unspecified atom stereocenters. The predicted molar refractivity (Wildman–Crippen MR) is 108 cm³/mol. The summed E-state index contributed by atoms with van der Waals surface area (Å²) >= 11 is 0. The zero-order chi connectivity index (χ0) is 20.0. The van der Waals surface area contributed by atoms with E-state index in [4.69, 9.17) is 4.74 Å². The first-order valence-corrected chi connectivity index (χ1v) is 9.10. The molecule has 2 aromatic carbocycles. The van der Waals surface area contributed by atoms with Gasteiger partial charge in [0.2, 0.25) is 0 Å². The first kappa shape index (κ1) is 20.5. The van der Waals surface area contributed by atoms with Crippen LogP contribution in [0.15, 0.2) is 48.5 Å². The molecule has 0 saturated carbocycles. The number of hydrogen-bond acceptors (Lipinski definition) is 3. The van der Waals surface area contributed by atoms with E-state index >= 15 is 0 Å². The molecule has 2 N–H and O–H groups in total. The van der Waals surface area contributed by atoms with Crippen molar-refractivity contribution in [2.75, 3.05) is 11.9 Å². The molecule has 0 spiro atoms. The number of nitrogens with one attached hydrogen (secondary N) is 2. The van der Waals surface area contributed by atoms with Gasteiger partial charge in [0.05, 0.1) is 0 Å². The number of ether oxygens (including phenoxy) is 1. The molecule has 2 amide bonds. The summed E-state index contributed by atoms with van der Waals surface area (Å²) in [5.41, 5.74) is 2.16. The smallest absolute Gasteiger partial charge is 0.262 e. The minimum atomic E-state index is -0.252. The highest BCUT2D eigenvalue weighted by Gasteiger charge is 2.19. The molecule has 0 bridgehead atoms. The van der Waals surface area contributed by atoms with E-state index in [1.807, 2.05) is 38.1 Å². The summed E-state index contributed by atoms with van der Waals surface area (Å²) in [6.07, 6.45) is 0. The Morgan fingerprint density at radius 3 is 2.22 bits per heavy atom. The Bertz CT molecular complexity index is 790. The molecule has 0 atom stereocenters. The number of carbonyl (C=O) groups is 2. The Morgan fingerprint density at radius 2 is 1.63 bits per heavy atom. The molecule has 0 heterocycles. The number of rotatable bonds is 6. The SMILES string of the molecule is CC(C)NC(=O)c1ccc(NC(=O)COc2ccccc2C(C)(C)C)cc1. The van der Waals surface area contributed by atoms with E-state index in [0.717, 1.165) is 5.56 Å². The van der Waals surface area contributed by atoms with Gasteiger partial charge in [-0.3, -0.25) is 9.59 Å². The van der Waals surface area contributed by atoms with Crippen LogP contribution in [0, 0.1) is 0 Å². The fraction of sp³-hybridized carbons (Fsp3) is 0.364. The van der Waals surface area contributed by atoms with Crippen LogP contribution in [0.5, 0.6) is 5.75 Å². The molecule has 2 aromatic rings. The normalized spacial score (nSPS) is 11.2. The molecule has 5 heteroatoms. The molecular formula is C22H28N2O3. The predicted octanol–water partition coefficient (Wildman–Crippen LogP) is 4.14. The Balaban J connectivity index is 1.94. The average molecular weight is 368 g/mol. The van der Waals surface area contributed by atoms with E-state index in [1.54, 1.807) is 24.3 Å². The lowest BCUT2D eigenvalue weighted by Gasteiger charge is -2.22. The van der Waals surface area contributed by atoms with E-state index in [0.29, 0.717) is 17.0 Å². The van der Waals surface area contributed by atoms with Crippen molar-refractivity contribution in [3.05, 3.63) is 59.7 Å². The standard InChI is InChI=1S/C22H28N2O3/c1-15(2)23-21(26)16-10-12-17(13-11-16)24-20(25)14-27-19-9-7-6-8-18(19)22(3,4)5/h6-13,15H,14H2,1-5H3,(H,23,26)(H,24,25). The van der Waals surface area contributed by atoms with Crippen LogP contribution in [0.3, 0.4) is 0 Å². The highest BCUT2D eigenvalue weighted by molar-refractivity contribution is 5.96. The van der Waals surface area contributed by atoms with Crippen molar-refractivity contribution in [3.8, 4) is 5.75 Å². The van der Waals surface area contributed by atoms with Crippen molar-refractivity contribution < 1.29 is 14.3 Å². The summed E-state index contributed by atoms with van der Waals surface area (Å²) in [6, 6.07) is 14.6. The highest BCUT2D eigenvalue weighted by Crippen LogP contribution is 2.30. The van der Waals surface area contributed by atoms with Gasteiger partial charge in [0, 0.05) is 17.3 Å². The molecule has 0 aliphatic heterocycles. The molecule has 0 aliphatic carbocycles. The monoisotopic (exact) mass is 368 g/mol. The zero-order valence-corrected chi connectivity index (χ0v) is 16.6. The van der Waals surface area contributed by atoms with E-state index in [1.165, 1.54) is 0 Å². The summed E-state index contributed by atoms with van der Waals surface area (Å²) in [7, 11) is 0. The van der Waals surface area contributed by atoms with Gasteiger partial charge in [0.25, 0.3) is 11.8 Å². The third-order valence-corrected chi connectivity index (χ3v) is 3.90. The number of benzene rings is 2. The molecule has 0 aromatic heterocycles. The third-order valence-electron chi connectivity index (χ3n) is 3.90. The molecule has 2 rings (SSSR count). The van der Waals surface area contributed by atoms with Gasteiger partial charge in [-0.25, -0.2) is 0 Å². The van der Waals surface area contributed by atoms with Gasteiger partial charge >= 0.3 is 0 Å². The highest BCUT2D eigenvalue weighted by atomic mass is 16.5. The Hall–Kier alpha value is -2.82. The van der Waals surface area contributed by atoms with Crippen molar-refractivity contribution in [1.82, 2.24) is 5.32 Å². The fourth-order valence-corrected chi connectivity index (χ4v) is 2.60. The number of hydrogen-bond donors (Lipinski definition) is 2. The summed E-state index contributed by atoms with van der Waals surface area (Å²) in [6.45, 7) is 10.0. The fourth-order valence-electron chi connectivity index (χ4n) is 2.60. The van der Waals surface area contributed by atoms with Gasteiger partial charge in [-0.2, -0.15) is 0 Å². The summed E-state index contributed by atoms with van der Waals surface area (Å²) in [4.78, 5) is 24.1. The van der Waals surface area contributed by atoms with Crippen molar-refractivity contribution >= 4 is 17.5 Å². The molecule has 5 nitrogen and oxygen atoms in total. The zero-order valence-electron chi connectivity index (χ0n) is 16.6. The minimum Gasteiger partial charge on any atom is -0.483 e. The van der Waals surface area contributed by atoms with E-state index in [2.05, 4.69) is 31.4 Å². The van der Waals surface area contributed by atoms with Crippen LogP contribution >= 0.6 is 0 Å². The van der Waals surface area contributed by atoms with Crippen LogP contribution in [0.4, 0.5) is 5.69 Å². The van der Waals surface area contributed by atoms with Gasteiger partial charge in [-0.1, -0.05) is 39.0 Å². The summed E-state index contributed by atoms with van der Waals surface area (Å²) < 4.78 is 5.73. The van der Waals surface area contributed by atoms with Crippen molar-refractivity contribution in [2.45, 2.75) is 46.1 Å². The van der Waals surface area contributed by atoms with E-state index < -0.39 is 0 Å². The Morgan fingerprint density at radius 1 is 1.00 bits per heavy atom. The maximum Gasteiger partial charge on any atom is 0.262 e.